The molecule has 0 bridgehead atoms. The van der Waals surface area contributed by atoms with E-state index in [1.54, 1.807) is 30.3 Å². The molecule has 2 saturated heterocycles. The third kappa shape index (κ3) is 6.80. The highest BCUT2D eigenvalue weighted by Crippen LogP contribution is 2.29. The van der Waals surface area contributed by atoms with Crippen molar-refractivity contribution in [2.75, 3.05) is 26.2 Å². The number of carboxylic acid groups (broad SMARTS) is 1. The number of aliphatic hydroxyl groups excluding tert-OH is 1. The zero-order chi connectivity index (χ0) is 20.7. The second kappa shape index (κ2) is 9.89. The predicted octanol–water partition coefficient (Wildman–Crippen LogP) is 2.66. The number of rotatable bonds is 3. The van der Waals surface area contributed by atoms with Gasteiger partial charge in [0.2, 0.25) is 0 Å². The Morgan fingerprint density at radius 3 is 2.32 bits per heavy atom. The number of aliphatic carboxylic acids is 1. The van der Waals surface area contributed by atoms with Gasteiger partial charge in [0.05, 0.1) is 0 Å². The highest BCUT2D eigenvalue weighted by molar-refractivity contribution is 5.73. The lowest BCUT2D eigenvalue weighted by Crippen LogP contribution is -2.55. The van der Waals surface area contributed by atoms with E-state index in [0.717, 1.165) is 32.1 Å². The minimum atomic E-state index is -1.41. The van der Waals surface area contributed by atoms with Gasteiger partial charge in [-0.15, -0.1) is 0 Å². The van der Waals surface area contributed by atoms with E-state index in [9.17, 15) is 9.59 Å². The summed E-state index contributed by atoms with van der Waals surface area (Å²) in [5.41, 5.74) is 0.0224. The van der Waals surface area contributed by atoms with Crippen molar-refractivity contribution in [2.24, 2.45) is 11.8 Å². The van der Waals surface area contributed by atoms with E-state index in [-0.39, 0.29) is 11.7 Å². The maximum atomic E-state index is 11.8. The summed E-state index contributed by atoms with van der Waals surface area (Å²) in [5.74, 6) is 0.203. The third-order valence-electron chi connectivity index (χ3n) is 4.91. The summed E-state index contributed by atoms with van der Waals surface area (Å²) in [6, 6.07) is 8.26. The molecule has 1 aromatic rings. The van der Waals surface area contributed by atoms with E-state index in [0.29, 0.717) is 11.5 Å². The number of hydrogen-bond acceptors (Lipinski definition) is 5. The van der Waals surface area contributed by atoms with Gasteiger partial charge in [0.1, 0.15) is 5.60 Å². The van der Waals surface area contributed by atoms with Gasteiger partial charge in [-0.3, -0.25) is 0 Å². The molecule has 2 fully saturated rings. The van der Waals surface area contributed by atoms with Crippen LogP contribution >= 0.6 is 0 Å². The summed E-state index contributed by atoms with van der Waals surface area (Å²) < 4.78 is 5.35. The zero-order valence-corrected chi connectivity index (χ0v) is 16.9. The maximum Gasteiger partial charge on any atom is 0.410 e. The molecule has 0 saturated carbocycles. The molecule has 1 amide bonds. The van der Waals surface area contributed by atoms with E-state index in [2.05, 4.69) is 5.32 Å². The van der Waals surface area contributed by atoms with Crippen molar-refractivity contribution < 1.29 is 24.5 Å². The number of carbonyl (C=O) groups excluding carboxylic acids is 1. The summed E-state index contributed by atoms with van der Waals surface area (Å²) in [7, 11) is 0. The summed E-state index contributed by atoms with van der Waals surface area (Å²) in [4.78, 5) is 23.8. The van der Waals surface area contributed by atoms with Crippen LogP contribution in [-0.2, 0) is 9.53 Å². The van der Waals surface area contributed by atoms with Crippen molar-refractivity contribution >= 4 is 12.1 Å². The number of nitrogens with one attached hydrogen (secondary N) is 1. The van der Waals surface area contributed by atoms with Crippen LogP contribution in [0.4, 0.5) is 4.79 Å². The van der Waals surface area contributed by atoms with Crippen LogP contribution in [0.2, 0.25) is 0 Å². The highest BCUT2D eigenvalue weighted by atomic mass is 16.6. The van der Waals surface area contributed by atoms with Crippen LogP contribution in [0.25, 0.3) is 0 Å². The van der Waals surface area contributed by atoms with E-state index < -0.39 is 12.1 Å². The number of nitrogens with zero attached hydrogens (tertiary/aromatic N) is 1. The second-order valence-corrected chi connectivity index (χ2v) is 8.40. The van der Waals surface area contributed by atoms with Gasteiger partial charge in [0, 0.05) is 13.1 Å². The third-order valence-corrected chi connectivity index (χ3v) is 4.91. The van der Waals surface area contributed by atoms with Gasteiger partial charge in [-0.2, -0.15) is 0 Å². The molecule has 2 aliphatic heterocycles. The Bertz CT molecular complexity index is 632. The largest absolute Gasteiger partial charge is 0.479 e. The Labute approximate surface area is 166 Å². The van der Waals surface area contributed by atoms with Crippen LogP contribution in [-0.4, -0.2) is 59.0 Å². The average Bonchev–Trinajstić information content (AvgIpc) is 2.60. The highest BCUT2D eigenvalue weighted by Gasteiger charge is 2.38. The van der Waals surface area contributed by atoms with Crippen LogP contribution in [0.3, 0.4) is 0 Å². The van der Waals surface area contributed by atoms with Gasteiger partial charge >= 0.3 is 12.1 Å². The van der Waals surface area contributed by atoms with Crippen molar-refractivity contribution in [1.82, 2.24) is 10.2 Å². The lowest BCUT2D eigenvalue weighted by molar-refractivity contribution is -0.146. The molecule has 1 unspecified atom stereocenters. The molecule has 2 atom stereocenters. The van der Waals surface area contributed by atoms with Crippen LogP contribution in [0.15, 0.2) is 30.3 Å². The number of carbonyl (C=O) groups is 2. The normalized spacial score (nSPS) is 21.0. The van der Waals surface area contributed by atoms with E-state index in [4.69, 9.17) is 14.9 Å². The average molecular weight is 392 g/mol. The number of piperidine rings is 1. The van der Waals surface area contributed by atoms with E-state index in [1.807, 2.05) is 25.7 Å². The molecule has 2 heterocycles. The van der Waals surface area contributed by atoms with E-state index in [1.165, 1.54) is 12.8 Å². The summed E-state index contributed by atoms with van der Waals surface area (Å²) in [5, 5.41) is 20.8. The number of benzene rings is 1. The lowest BCUT2D eigenvalue weighted by Gasteiger charge is -2.44. The molecule has 0 radical (unpaired) electrons. The van der Waals surface area contributed by atoms with Crippen molar-refractivity contribution in [3.63, 3.8) is 0 Å². The second-order valence-electron chi connectivity index (χ2n) is 8.40. The number of ether oxygens (including phenoxy) is 1. The first-order chi connectivity index (χ1) is 13.2. The zero-order valence-electron chi connectivity index (χ0n) is 16.9. The molecule has 3 rings (SSSR count). The predicted molar refractivity (Wildman–Crippen MR) is 106 cm³/mol. The fourth-order valence-electron chi connectivity index (χ4n) is 3.35. The molecule has 7 nitrogen and oxygen atoms in total. The first-order valence-corrected chi connectivity index (χ1v) is 9.82. The first-order valence-electron chi connectivity index (χ1n) is 9.82. The quantitative estimate of drug-likeness (QED) is 0.731. The molecule has 7 heteroatoms. The molecule has 0 aromatic heterocycles. The molecule has 0 spiro atoms. The lowest BCUT2D eigenvalue weighted by atomic mass is 9.81. The van der Waals surface area contributed by atoms with Gasteiger partial charge in [-0.1, -0.05) is 30.3 Å². The Kier molecular flexibility index (Phi) is 7.83. The molecule has 3 N–H and O–H groups in total. The smallest absolute Gasteiger partial charge is 0.410 e. The first kappa shape index (κ1) is 22.2. The number of likely N-dealkylation sites (tertiary alicyclic amines) is 1. The Balaban J connectivity index is 0.000000221. The Morgan fingerprint density at radius 1 is 1.18 bits per heavy atom. The van der Waals surface area contributed by atoms with Gasteiger partial charge in [0.15, 0.2) is 6.10 Å². The van der Waals surface area contributed by atoms with Crippen LogP contribution in [0, 0.1) is 11.8 Å². The van der Waals surface area contributed by atoms with E-state index >= 15 is 0 Å². The van der Waals surface area contributed by atoms with Gasteiger partial charge < -0.3 is 25.2 Å². The summed E-state index contributed by atoms with van der Waals surface area (Å²) >= 11 is 0. The number of hydrogen-bond donors (Lipinski definition) is 3. The molecule has 28 heavy (non-hydrogen) atoms. The Hall–Kier alpha value is -2.12. The molecule has 0 aliphatic carbocycles. The van der Waals surface area contributed by atoms with Crippen LogP contribution in [0.5, 0.6) is 0 Å². The number of aliphatic hydroxyl groups is 1. The maximum absolute atomic E-state index is 11.8. The number of carboxylic acids is 1. The van der Waals surface area contributed by atoms with Crippen molar-refractivity contribution in [3.05, 3.63) is 35.9 Å². The fourth-order valence-corrected chi connectivity index (χ4v) is 3.35. The van der Waals surface area contributed by atoms with Crippen molar-refractivity contribution in [1.29, 1.82) is 0 Å². The molecular weight excluding hydrogens is 360 g/mol. The van der Waals surface area contributed by atoms with Crippen molar-refractivity contribution in [3.8, 4) is 0 Å². The van der Waals surface area contributed by atoms with Crippen LogP contribution in [0.1, 0.15) is 45.3 Å². The summed E-state index contributed by atoms with van der Waals surface area (Å²) in [6.07, 6.45) is 1.02. The summed E-state index contributed by atoms with van der Waals surface area (Å²) in [6.45, 7) is 9.75. The Morgan fingerprint density at radius 2 is 1.82 bits per heavy atom. The van der Waals surface area contributed by atoms with Crippen LogP contribution < -0.4 is 5.32 Å². The minimum absolute atomic E-state index is 0.155. The minimum Gasteiger partial charge on any atom is -0.479 e. The molecule has 1 aromatic carbocycles. The number of amides is 1. The standard InChI is InChI=1S/C13H24N2O2.C8H8O3/c1-13(2,3)17-12(16)15-8-11(9-15)10-5-4-6-14-7-10;9-7(8(10)11)6-4-2-1-3-5-6/h10-11,14H,4-9H2,1-3H3;1-5,7,9H,(H,10,11)/t;7-/m.0/s1. The molecule has 156 valence electrons. The fraction of sp³-hybridized carbons (Fsp3) is 0.619. The topological polar surface area (TPSA) is 99.1 Å². The van der Waals surface area contributed by atoms with Gasteiger partial charge in [-0.25, -0.2) is 9.59 Å². The molecular formula is C21H32N2O5. The van der Waals surface area contributed by atoms with Gasteiger partial charge in [0.25, 0.3) is 0 Å². The molecule has 2 aliphatic rings. The monoisotopic (exact) mass is 392 g/mol. The SMILES string of the molecule is CC(C)(C)OC(=O)N1CC(C2CCCNC2)C1.O=C(O)[C@@H](O)c1ccccc1. The van der Waals surface area contributed by atoms with Crippen molar-refractivity contribution in [2.45, 2.75) is 45.3 Å². The van der Waals surface area contributed by atoms with Gasteiger partial charge in [-0.05, 0) is 64.1 Å².